The van der Waals surface area contributed by atoms with Crippen LogP contribution in [0.5, 0.6) is 0 Å². The van der Waals surface area contributed by atoms with E-state index in [4.69, 9.17) is 5.73 Å². The molecule has 6 nitrogen and oxygen atoms in total. The van der Waals surface area contributed by atoms with Crippen molar-refractivity contribution in [2.24, 2.45) is 23.5 Å². The number of primary amides is 1. The van der Waals surface area contributed by atoms with Crippen LogP contribution in [0.4, 0.5) is 10.2 Å². The molecule has 0 aliphatic heterocycles. The first-order chi connectivity index (χ1) is 13.9. The zero-order valence-electron chi connectivity index (χ0n) is 15.9. The first kappa shape index (κ1) is 17.2. The van der Waals surface area contributed by atoms with Gasteiger partial charge in [0.1, 0.15) is 11.6 Å². The zero-order valence-corrected chi connectivity index (χ0v) is 15.9. The Morgan fingerprint density at radius 2 is 2.03 bits per heavy atom. The molecule has 1 aromatic carbocycles. The van der Waals surface area contributed by atoms with Crippen LogP contribution in [0.25, 0.3) is 21.8 Å². The molecule has 7 rings (SSSR count). The minimum atomic E-state index is -0.571. The summed E-state index contributed by atoms with van der Waals surface area (Å²) in [6.45, 7) is 0. The number of nitrogens with two attached hydrogens (primary N) is 1. The number of aromatic nitrogens is 2. The normalized spacial score (nSPS) is 32.9. The first-order valence-electron chi connectivity index (χ1n) is 10.3. The van der Waals surface area contributed by atoms with Crippen molar-refractivity contribution in [1.82, 2.24) is 9.97 Å². The van der Waals surface area contributed by atoms with E-state index in [9.17, 15) is 14.3 Å². The van der Waals surface area contributed by atoms with Crippen molar-refractivity contribution in [3.05, 3.63) is 35.8 Å². The van der Waals surface area contributed by atoms with E-state index in [1.54, 1.807) is 6.07 Å². The fourth-order valence-corrected chi connectivity index (χ4v) is 6.54. The number of aliphatic hydroxyl groups is 1. The summed E-state index contributed by atoms with van der Waals surface area (Å²) in [4.78, 5) is 19.7. The van der Waals surface area contributed by atoms with Crippen LogP contribution in [0, 0.1) is 23.6 Å². The molecule has 2 heterocycles. The van der Waals surface area contributed by atoms with E-state index in [1.807, 2.05) is 0 Å². The highest BCUT2D eigenvalue weighted by atomic mass is 19.1. The van der Waals surface area contributed by atoms with Crippen molar-refractivity contribution in [1.29, 1.82) is 0 Å². The predicted octanol–water partition coefficient (Wildman–Crippen LogP) is 3.31. The quantitative estimate of drug-likeness (QED) is 0.547. The largest absolute Gasteiger partial charge is 0.390 e. The van der Waals surface area contributed by atoms with Gasteiger partial charge in [0.25, 0.3) is 5.91 Å². The van der Waals surface area contributed by atoms with E-state index in [-0.39, 0.29) is 11.9 Å². The topological polar surface area (TPSA) is 104 Å². The highest BCUT2D eigenvalue weighted by Gasteiger charge is 2.54. The Kier molecular flexibility index (Phi) is 3.38. The van der Waals surface area contributed by atoms with Crippen LogP contribution in [0.3, 0.4) is 0 Å². The first-order valence-corrected chi connectivity index (χ1v) is 10.3. The van der Waals surface area contributed by atoms with Crippen LogP contribution in [0.1, 0.15) is 42.5 Å². The zero-order chi connectivity index (χ0) is 19.9. The SMILES string of the molecule is NC(=O)c1cnc(N[C@H]2[C@@H]3C[C@@H]4C[C@H]2C[C@@](O)(C4)C3)c2c1[nH]c1ccc(F)cc12. The summed E-state index contributed by atoms with van der Waals surface area (Å²) in [7, 11) is 0. The van der Waals surface area contributed by atoms with Gasteiger partial charge in [0.15, 0.2) is 0 Å². The van der Waals surface area contributed by atoms with Gasteiger partial charge in [-0.15, -0.1) is 0 Å². The number of anilines is 1. The maximum absolute atomic E-state index is 14.0. The number of H-pyrrole nitrogens is 1. The van der Waals surface area contributed by atoms with E-state index in [0.717, 1.165) is 37.6 Å². The number of amides is 1. The van der Waals surface area contributed by atoms with Crippen LogP contribution < -0.4 is 11.1 Å². The molecule has 5 atom stereocenters. The second kappa shape index (κ2) is 5.69. The van der Waals surface area contributed by atoms with Crippen LogP contribution in [0.2, 0.25) is 0 Å². The Labute approximate surface area is 166 Å². The molecule has 0 radical (unpaired) electrons. The molecule has 7 heteroatoms. The summed E-state index contributed by atoms with van der Waals surface area (Å²) in [5.41, 5.74) is 6.66. The molecule has 2 aromatic heterocycles. The maximum Gasteiger partial charge on any atom is 0.252 e. The Morgan fingerprint density at radius 3 is 2.72 bits per heavy atom. The summed E-state index contributed by atoms with van der Waals surface area (Å²) in [6.07, 6.45) is 6.32. The number of benzene rings is 1. The van der Waals surface area contributed by atoms with Crippen molar-refractivity contribution >= 4 is 33.5 Å². The van der Waals surface area contributed by atoms with E-state index < -0.39 is 11.5 Å². The summed E-state index contributed by atoms with van der Waals surface area (Å²) in [6, 6.07) is 4.74. The molecule has 0 unspecified atom stereocenters. The number of carbonyl (C=O) groups excluding carboxylic acids is 1. The lowest BCUT2D eigenvalue weighted by Crippen LogP contribution is -2.59. The number of hydrogen-bond donors (Lipinski definition) is 4. The molecule has 4 aliphatic rings. The fourth-order valence-electron chi connectivity index (χ4n) is 6.54. The van der Waals surface area contributed by atoms with Crippen molar-refractivity contribution in [2.45, 2.75) is 43.7 Å². The van der Waals surface area contributed by atoms with Gasteiger partial charge in [-0.2, -0.15) is 0 Å². The Bertz CT molecular complexity index is 1160. The van der Waals surface area contributed by atoms with Gasteiger partial charge in [0, 0.05) is 23.1 Å². The molecule has 29 heavy (non-hydrogen) atoms. The van der Waals surface area contributed by atoms with Gasteiger partial charge >= 0.3 is 0 Å². The molecule has 1 amide bonds. The summed E-state index contributed by atoms with van der Waals surface area (Å²) < 4.78 is 14.0. The van der Waals surface area contributed by atoms with Gasteiger partial charge in [-0.1, -0.05) is 0 Å². The van der Waals surface area contributed by atoms with Crippen molar-refractivity contribution < 1.29 is 14.3 Å². The predicted molar refractivity (Wildman–Crippen MR) is 108 cm³/mol. The Morgan fingerprint density at radius 1 is 1.28 bits per heavy atom. The highest BCUT2D eigenvalue weighted by Crippen LogP contribution is 2.56. The molecule has 0 spiro atoms. The van der Waals surface area contributed by atoms with Crippen LogP contribution in [-0.2, 0) is 0 Å². The number of nitrogens with zero attached hydrogens (tertiary/aromatic N) is 1. The number of pyridine rings is 1. The lowest BCUT2D eigenvalue weighted by atomic mass is 9.52. The third kappa shape index (κ3) is 2.50. The second-order valence-corrected chi connectivity index (χ2v) is 9.31. The number of rotatable bonds is 3. The van der Waals surface area contributed by atoms with Crippen molar-refractivity contribution in [3.8, 4) is 0 Å². The molecule has 4 saturated carbocycles. The van der Waals surface area contributed by atoms with Gasteiger partial charge in [-0.25, -0.2) is 9.37 Å². The number of hydrogen-bond acceptors (Lipinski definition) is 4. The summed E-state index contributed by atoms with van der Waals surface area (Å²) in [5.74, 6) is 1.15. The van der Waals surface area contributed by atoms with Gasteiger partial charge in [0.2, 0.25) is 0 Å². The minimum absolute atomic E-state index is 0.223. The van der Waals surface area contributed by atoms with Gasteiger partial charge < -0.3 is 21.1 Å². The summed E-state index contributed by atoms with van der Waals surface area (Å²) in [5, 5.41) is 15.9. The van der Waals surface area contributed by atoms with E-state index >= 15 is 0 Å². The standard InChI is InChI=1S/C22H23FN4O2/c23-13-1-2-16-14(5-13)17-19(26-16)15(20(24)28)9-25-21(17)27-18-11-3-10-4-12(18)8-22(29,6-10)7-11/h1-2,5,9-12,18,26,29H,3-4,6-8H2,(H2,24,28)(H,25,27)/t10-,11-,12+,18+,22-. The lowest BCUT2D eigenvalue weighted by molar-refractivity contribution is -0.129. The van der Waals surface area contributed by atoms with Crippen LogP contribution in [-0.4, -0.2) is 32.6 Å². The lowest BCUT2D eigenvalue weighted by Gasteiger charge is -2.58. The molecular formula is C22H23FN4O2. The third-order valence-electron chi connectivity index (χ3n) is 7.40. The van der Waals surface area contributed by atoms with Gasteiger partial charge in [-0.05, 0) is 68.1 Å². The van der Waals surface area contributed by atoms with Gasteiger partial charge in [0.05, 0.1) is 22.1 Å². The molecular weight excluding hydrogens is 371 g/mol. The summed E-state index contributed by atoms with van der Waals surface area (Å²) >= 11 is 0. The van der Waals surface area contributed by atoms with Gasteiger partial charge in [-0.3, -0.25) is 4.79 Å². The van der Waals surface area contributed by atoms with E-state index in [0.29, 0.717) is 45.4 Å². The minimum Gasteiger partial charge on any atom is -0.390 e. The Hall–Kier alpha value is -2.67. The van der Waals surface area contributed by atoms with Crippen molar-refractivity contribution in [3.63, 3.8) is 0 Å². The molecule has 4 fully saturated rings. The average Bonchev–Trinajstić information content (AvgIpc) is 3.02. The van der Waals surface area contributed by atoms with E-state index in [1.165, 1.54) is 18.3 Å². The molecule has 0 saturated heterocycles. The fraction of sp³-hybridized carbons (Fsp3) is 0.455. The number of halogens is 1. The third-order valence-corrected chi connectivity index (χ3v) is 7.40. The molecule has 3 aromatic rings. The number of fused-ring (bicyclic) bond motifs is 3. The molecule has 150 valence electrons. The van der Waals surface area contributed by atoms with E-state index in [2.05, 4.69) is 15.3 Å². The second-order valence-electron chi connectivity index (χ2n) is 9.31. The number of aromatic amines is 1. The molecule has 4 aliphatic carbocycles. The number of carbonyl (C=O) groups is 1. The highest BCUT2D eigenvalue weighted by molar-refractivity contribution is 6.18. The average molecular weight is 394 g/mol. The molecule has 5 N–H and O–H groups in total. The number of nitrogens with one attached hydrogen (secondary N) is 2. The van der Waals surface area contributed by atoms with Crippen LogP contribution >= 0.6 is 0 Å². The monoisotopic (exact) mass is 394 g/mol. The maximum atomic E-state index is 14.0. The Balaban J connectivity index is 1.48. The van der Waals surface area contributed by atoms with Crippen LogP contribution in [0.15, 0.2) is 24.4 Å². The van der Waals surface area contributed by atoms with Crippen molar-refractivity contribution in [2.75, 3.05) is 5.32 Å². The molecule has 4 bridgehead atoms. The smallest absolute Gasteiger partial charge is 0.252 e.